The van der Waals surface area contributed by atoms with Crippen LogP contribution < -0.4 is 0 Å². The third-order valence-corrected chi connectivity index (χ3v) is 3.15. The van der Waals surface area contributed by atoms with E-state index in [2.05, 4.69) is 4.98 Å². The van der Waals surface area contributed by atoms with Gasteiger partial charge in [0, 0.05) is 24.3 Å². The van der Waals surface area contributed by atoms with Crippen molar-refractivity contribution in [3.8, 4) is 0 Å². The van der Waals surface area contributed by atoms with Crippen molar-refractivity contribution >= 4 is 16.8 Å². The molecule has 2 aromatic rings. The number of aromatic amines is 1. The minimum atomic E-state index is 0.0462. The number of aromatic nitrogens is 1. The molecule has 1 radical (unpaired) electrons. The van der Waals surface area contributed by atoms with Crippen LogP contribution in [0, 0.1) is 6.42 Å². The van der Waals surface area contributed by atoms with Crippen molar-refractivity contribution in [1.82, 2.24) is 9.88 Å². The van der Waals surface area contributed by atoms with E-state index in [-0.39, 0.29) is 5.91 Å². The van der Waals surface area contributed by atoms with Gasteiger partial charge in [-0.15, -0.1) is 0 Å². The Labute approximate surface area is 106 Å². The van der Waals surface area contributed by atoms with Gasteiger partial charge in [-0.1, -0.05) is 18.2 Å². The highest BCUT2D eigenvalue weighted by atomic mass is 16.5. The number of hydrogen-bond acceptors (Lipinski definition) is 2. The Hall–Kier alpha value is -1.81. The zero-order valence-corrected chi connectivity index (χ0v) is 10.1. The maximum absolute atomic E-state index is 12.0. The molecule has 4 heteroatoms. The van der Waals surface area contributed by atoms with Crippen molar-refractivity contribution in [3.05, 3.63) is 42.4 Å². The molecule has 0 atom stereocenters. The molecule has 93 valence electrons. The number of rotatable bonds is 2. The predicted molar refractivity (Wildman–Crippen MR) is 69.1 cm³/mol. The molecule has 1 fully saturated rings. The second kappa shape index (κ2) is 4.82. The maximum atomic E-state index is 12.0. The molecule has 0 unspecified atom stereocenters. The van der Waals surface area contributed by atoms with E-state index in [0.29, 0.717) is 26.3 Å². The lowest BCUT2D eigenvalue weighted by atomic mass is 10.2. The van der Waals surface area contributed by atoms with Gasteiger partial charge in [0.15, 0.2) is 0 Å². The van der Waals surface area contributed by atoms with Gasteiger partial charge in [-0.05, 0) is 17.5 Å². The molecule has 0 spiro atoms. The van der Waals surface area contributed by atoms with Crippen LogP contribution in [0.1, 0.15) is 5.69 Å². The highest BCUT2D eigenvalue weighted by Gasteiger charge is 2.18. The van der Waals surface area contributed by atoms with Crippen LogP contribution in [0.5, 0.6) is 0 Å². The van der Waals surface area contributed by atoms with E-state index in [1.807, 2.05) is 35.2 Å². The van der Waals surface area contributed by atoms with Crippen molar-refractivity contribution in [2.75, 3.05) is 26.3 Å². The summed E-state index contributed by atoms with van der Waals surface area (Å²) in [5.41, 5.74) is 1.91. The zero-order chi connectivity index (χ0) is 12.4. The highest BCUT2D eigenvalue weighted by Crippen LogP contribution is 2.16. The largest absolute Gasteiger partial charge is 0.378 e. The summed E-state index contributed by atoms with van der Waals surface area (Å²) >= 11 is 0. The summed E-state index contributed by atoms with van der Waals surface area (Å²) in [6, 6.07) is 10.00. The van der Waals surface area contributed by atoms with E-state index < -0.39 is 0 Å². The maximum Gasteiger partial charge on any atom is 0.233 e. The first-order chi connectivity index (χ1) is 8.83. The number of hydrogen-bond donors (Lipinski definition) is 1. The van der Waals surface area contributed by atoms with Gasteiger partial charge < -0.3 is 14.6 Å². The summed E-state index contributed by atoms with van der Waals surface area (Å²) in [6.07, 6.45) is 1.66. The monoisotopic (exact) mass is 243 g/mol. The molecule has 1 aliphatic rings. The van der Waals surface area contributed by atoms with Crippen molar-refractivity contribution in [2.24, 2.45) is 0 Å². The van der Waals surface area contributed by atoms with Crippen molar-refractivity contribution in [1.29, 1.82) is 0 Å². The van der Waals surface area contributed by atoms with Gasteiger partial charge in [0.05, 0.1) is 19.6 Å². The van der Waals surface area contributed by atoms with Gasteiger partial charge in [-0.2, -0.15) is 0 Å². The van der Waals surface area contributed by atoms with Crippen LogP contribution in [-0.2, 0) is 9.53 Å². The van der Waals surface area contributed by atoms with Gasteiger partial charge in [0.25, 0.3) is 0 Å². The van der Waals surface area contributed by atoms with E-state index in [4.69, 9.17) is 4.74 Å². The molecule has 1 aliphatic heterocycles. The van der Waals surface area contributed by atoms with Gasteiger partial charge in [-0.25, -0.2) is 0 Å². The van der Waals surface area contributed by atoms with Crippen molar-refractivity contribution < 1.29 is 9.53 Å². The van der Waals surface area contributed by atoms with Crippen LogP contribution >= 0.6 is 0 Å². The molecule has 0 saturated carbocycles. The Balaban J connectivity index is 1.73. The number of carbonyl (C=O) groups is 1. The normalized spacial score (nSPS) is 16.1. The molecular formula is C14H15N2O2. The number of ether oxygens (including phenoxy) is 1. The predicted octanol–water partition coefficient (Wildman–Crippen LogP) is 1.58. The number of para-hydroxylation sites is 1. The fourth-order valence-electron chi connectivity index (χ4n) is 2.18. The molecule has 1 aromatic heterocycles. The summed E-state index contributed by atoms with van der Waals surface area (Å²) in [7, 11) is 0. The summed E-state index contributed by atoms with van der Waals surface area (Å²) in [5.74, 6) is 0.0462. The number of fused-ring (bicyclic) bond motifs is 1. The lowest BCUT2D eigenvalue weighted by Crippen LogP contribution is -2.40. The fraction of sp³-hybridized carbons (Fsp3) is 0.286. The lowest BCUT2D eigenvalue weighted by molar-refractivity contribution is -0.131. The molecule has 1 N–H and O–H groups in total. The Morgan fingerprint density at radius 2 is 2.06 bits per heavy atom. The number of H-pyrrole nitrogens is 1. The molecule has 0 aliphatic carbocycles. The van der Waals surface area contributed by atoms with E-state index in [0.717, 1.165) is 16.6 Å². The molecule has 0 bridgehead atoms. The number of nitrogens with zero attached hydrogens (tertiary/aromatic N) is 1. The van der Waals surface area contributed by atoms with Crippen molar-refractivity contribution in [2.45, 2.75) is 0 Å². The summed E-state index contributed by atoms with van der Waals surface area (Å²) in [6.45, 7) is 2.61. The Bertz CT molecular complexity index is 523. The lowest BCUT2D eigenvalue weighted by Gasteiger charge is -2.26. The number of carbonyl (C=O) groups excluding carboxylic acids is 1. The third kappa shape index (κ3) is 2.24. The highest BCUT2D eigenvalue weighted by molar-refractivity contribution is 5.90. The van der Waals surface area contributed by atoms with Gasteiger partial charge in [0.1, 0.15) is 0 Å². The standard InChI is InChI=1S/C14H15N2O2/c17-14(16-5-7-18-8-6-16)10-12-9-11-3-1-2-4-13(11)15-12/h1-4,9-10,15H,5-8H2. The Morgan fingerprint density at radius 3 is 2.83 bits per heavy atom. The molecule has 1 aromatic carbocycles. The van der Waals surface area contributed by atoms with Crippen LogP contribution in [0.15, 0.2) is 30.3 Å². The minimum absolute atomic E-state index is 0.0462. The summed E-state index contributed by atoms with van der Waals surface area (Å²) < 4.78 is 5.23. The van der Waals surface area contributed by atoms with E-state index >= 15 is 0 Å². The number of nitrogens with one attached hydrogen (secondary N) is 1. The smallest absolute Gasteiger partial charge is 0.233 e. The Morgan fingerprint density at radius 1 is 1.28 bits per heavy atom. The van der Waals surface area contributed by atoms with Crippen molar-refractivity contribution in [3.63, 3.8) is 0 Å². The summed E-state index contributed by atoms with van der Waals surface area (Å²) in [5, 5.41) is 1.12. The quantitative estimate of drug-likeness (QED) is 0.870. The molecule has 1 amide bonds. The van der Waals surface area contributed by atoms with Crippen LogP contribution in [0.2, 0.25) is 0 Å². The number of amides is 1. The van der Waals surface area contributed by atoms with E-state index in [1.165, 1.54) is 0 Å². The van der Waals surface area contributed by atoms with Crippen LogP contribution in [0.25, 0.3) is 10.9 Å². The summed E-state index contributed by atoms with van der Waals surface area (Å²) in [4.78, 5) is 17.1. The first-order valence-corrected chi connectivity index (χ1v) is 6.12. The average molecular weight is 243 g/mol. The Kier molecular flexibility index (Phi) is 3.02. The molecule has 1 saturated heterocycles. The molecule has 18 heavy (non-hydrogen) atoms. The number of morpholine rings is 1. The van der Waals surface area contributed by atoms with Crippen LogP contribution in [0.3, 0.4) is 0 Å². The minimum Gasteiger partial charge on any atom is -0.378 e. The topological polar surface area (TPSA) is 45.3 Å². The zero-order valence-electron chi connectivity index (χ0n) is 10.1. The van der Waals surface area contributed by atoms with E-state index in [1.54, 1.807) is 6.42 Å². The number of benzene rings is 1. The first kappa shape index (κ1) is 11.3. The van der Waals surface area contributed by atoms with Gasteiger partial charge in [0.2, 0.25) is 5.91 Å². The fourth-order valence-corrected chi connectivity index (χ4v) is 2.18. The average Bonchev–Trinajstić information content (AvgIpc) is 2.82. The molecule has 4 nitrogen and oxygen atoms in total. The first-order valence-electron chi connectivity index (χ1n) is 6.12. The third-order valence-electron chi connectivity index (χ3n) is 3.15. The van der Waals surface area contributed by atoms with Crippen LogP contribution in [0.4, 0.5) is 0 Å². The van der Waals surface area contributed by atoms with Gasteiger partial charge in [-0.3, -0.25) is 4.79 Å². The molecular weight excluding hydrogens is 228 g/mol. The molecule has 2 heterocycles. The SMILES string of the molecule is O=C([CH]c1cc2ccccc2[nH]1)N1CCOCC1. The van der Waals surface area contributed by atoms with Crippen LogP contribution in [-0.4, -0.2) is 42.1 Å². The second-order valence-electron chi connectivity index (χ2n) is 4.39. The second-order valence-corrected chi connectivity index (χ2v) is 4.39. The molecule has 3 rings (SSSR count). The van der Waals surface area contributed by atoms with E-state index in [9.17, 15) is 4.79 Å². The van der Waals surface area contributed by atoms with Gasteiger partial charge >= 0.3 is 0 Å².